The van der Waals surface area contributed by atoms with Gasteiger partial charge in [-0.25, -0.2) is 0 Å². The lowest BCUT2D eigenvalue weighted by atomic mass is 10.3. The molecule has 0 aliphatic rings. The predicted octanol–water partition coefficient (Wildman–Crippen LogP) is 0.458. The zero-order chi connectivity index (χ0) is 12.4. The van der Waals surface area contributed by atoms with E-state index in [9.17, 15) is 0 Å². The molecule has 92 valence electrons. The van der Waals surface area contributed by atoms with E-state index in [1.807, 2.05) is 25.9 Å². The highest BCUT2D eigenvalue weighted by Gasteiger charge is 2.18. The van der Waals surface area contributed by atoms with Gasteiger partial charge in [0, 0.05) is 6.54 Å². The molecule has 0 bridgehead atoms. The third-order valence-electron chi connectivity index (χ3n) is 2.18. The number of nitrogens with two attached hydrogens (primary N) is 1. The van der Waals surface area contributed by atoms with E-state index in [2.05, 4.69) is 19.7 Å². The Morgan fingerprint density at radius 2 is 2.24 bits per heavy atom. The molecule has 1 atom stereocenters. The number of hydrogen-bond donors (Lipinski definition) is 1. The van der Waals surface area contributed by atoms with Crippen molar-refractivity contribution in [3.63, 3.8) is 0 Å². The van der Waals surface area contributed by atoms with Crippen LogP contribution >= 0.6 is 11.5 Å². The highest BCUT2D eigenvalue weighted by molar-refractivity contribution is 7.09. The van der Waals surface area contributed by atoms with E-state index in [0.29, 0.717) is 18.3 Å². The van der Waals surface area contributed by atoms with Gasteiger partial charge in [0.15, 0.2) is 5.82 Å². The van der Waals surface area contributed by atoms with Crippen molar-refractivity contribution in [2.75, 3.05) is 20.6 Å². The molecular formula is C9H14N6OS. The molecule has 2 rings (SSSR count). The minimum absolute atomic E-state index is 0.260. The number of likely N-dealkylation sites (N-methyl/N-ethyl adjacent to an activating group) is 1. The second-order valence-corrected chi connectivity index (χ2v) is 4.77. The summed E-state index contributed by atoms with van der Waals surface area (Å²) in [6.07, 6.45) is 0. The van der Waals surface area contributed by atoms with Crippen LogP contribution in [0.15, 0.2) is 4.52 Å². The Morgan fingerprint density at radius 3 is 2.82 bits per heavy atom. The van der Waals surface area contributed by atoms with Gasteiger partial charge in [-0.15, -0.1) is 5.10 Å². The molecule has 2 heterocycles. The van der Waals surface area contributed by atoms with Crippen molar-refractivity contribution in [2.45, 2.75) is 13.0 Å². The van der Waals surface area contributed by atoms with Crippen LogP contribution in [0.3, 0.4) is 0 Å². The molecule has 0 radical (unpaired) electrons. The maximum Gasteiger partial charge on any atom is 0.271 e. The normalized spacial score (nSPS) is 13.2. The molecule has 0 aliphatic heterocycles. The second kappa shape index (κ2) is 4.86. The quantitative estimate of drug-likeness (QED) is 0.846. The first kappa shape index (κ1) is 12.1. The molecule has 17 heavy (non-hydrogen) atoms. The van der Waals surface area contributed by atoms with Crippen molar-refractivity contribution >= 4 is 11.5 Å². The lowest BCUT2D eigenvalue weighted by Gasteiger charge is -2.12. The molecule has 0 amide bonds. The standard InChI is InChI=1S/C9H14N6OS/c1-5-7(17-14-12-5)9-11-8(13-16-9)6(10)4-15(2)3/h6H,4,10H2,1-3H3. The fourth-order valence-electron chi connectivity index (χ4n) is 1.38. The van der Waals surface area contributed by atoms with Crippen molar-refractivity contribution in [2.24, 2.45) is 5.73 Å². The Morgan fingerprint density at radius 1 is 1.47 bits per heavy atom. The fraction of sp³-hybridized carbons (Fsp3) is 0.556. The third-order valence-corrected chi connectivity index (χ3v) is 3.00. The SMILES string of the molecule is Cc1nnsc1-c1nc(C(N)CN(C)C)no1. The highest BCUT2D eigenvalue weighted by Crippen LogP contribution is 2.24. The smallest absolute Gasteiger partial charge is 0.271 e. The molecule has 0 aromatic carbocycles. The highest BCUT2D eigenvalue weighted by atomic mass is 32.1. The number of hydrogen-bond acceptors (Lipinski definition) is 8. The van der Waals surface area contributed by atoms with E-state index in [1.165, 1.54) is 11.5 Å². The summed E-state index contributed by atoms with van der Waals surface area (Å²) in [5.41, 5.74) is 6.73. The van der Waals surface area contributed by atoms with Gasteiger partial charge in [-0.1, -0.05) is 9.64 Å². The van der Waals surface area contributed by atoms with Gasteiger partial charge in [0.1, 0.15) is 4.88 Å². The molecule has 1 unspecified atom stereocenters. The van der Waals surface area contributed by atoms with E-state index in [-0.39, 0.29) is 6.04 Å². The number of nitrogens with zero attached hydrogens (tertiary/aromatic N) is 5. The average Bonchev–Trinajstić information content (AvgIpc) is 2.84. The maximum absolute atomic E-state index is 5.95. The van der Waals surface area contributed by atoms with Crippen molar-refractivity contribution in [3.8, 4) is 10.8 Å². The molecule has 0 fully saturated rings. The first-order valence-electron chi connectivity index (χ1n) is 5.11. The Kier molecular flexibility index (Phi) is 3.46. The molecule has 0 spiro atoms. The van der Waals surface area contributed by atoms with Gasteiger partial charge in [0.25, 0.3) is 5.89 Å². The summed E-state index contributed by atoms with van der Waals surface area (Å²) in [6.45, 7) is 2.52. The summed E-state index contributed by atoms with van der Waals surface area (Å²) in [5, 5.41) is 7.78. The Bertz CT molecular complexity index is 493. The lowest BCUT2D eigenvalue weighted by Crippen LogP contribution is -2.26. The third kappa shape index (κ3) is 2.65. The second-order valence-electron chi connectivity index (χ2n) is 4.01. The molecule has 2 N–H and O–H groups in total. The lowest BCUT2D eigenvalue weighted by molar-refractivity contribution is 0.357. The Hall–Kier alpha value is -1.38. The van der Waals surface area contributed by atoms with Crippen LogP contribution in [0.4, 0.5) is 0 Å². The van der Waals surface area contributed by atoms with Gasteiger partial charge in [0.05, 0.1) is 11.7 Å². The van der Waals surface area contributed by atoms with Gasteiger partial charge >= 0.3 is 0 Å². The predicted molar refractivity (Wildman–Crippen MR) is 63.4 cm³/mol. The summed E-state index contributed by atoms with van der Waals surface area (Å²) >= 11 is 1.23. The Balaban J connectivity index is 2.19. The van der Waals surface area contributed by atoms with Crippen LogP contribution in [0, 0.1) is 6.92 Å². The van der Waals surface area contributed by atoms with Crippen molar-refractivity contribution < 1.29 is 4.52 Å². The number of rotatable bonds is 4. The van der Waals surface area contributed by atoms with E-state index in [0.717, 1.165) is 10.6 Å². The molecular weight excluding hydrogens is 240 g/mol. The summed E-state index contributed by atoms with van der Waals surface area (Å²) in [7, 11) is 3.89. The zero-order valence-electron chi connectivity index (χ0n) is 9.91. The largest absolute Gasteiger partial charge is 0.333 e. The minimum atomic E-state index is -0.260. The topological polar surface area (TPSA) is 94.0 Å². The molecule has 0 saturated heterocycles. The van der Waals surface area contributed by atoms with Crippen LogP contribution < -0.4 is 5.73 Å². The van der Waals surface area contributed by atoms with Gasteiger partial charge in [-0.05, 0) is 32.6 Å². The molecule has 7 nitrogen and oxygen atoms in total. The van der Waals surface area contributed by atoms with Gasteiger partial charge in [-0.3, -0.25) is 0 Å². The van der Waals surface area contributed by atoms with Crippen molar-refractivity contribution in [1.29, 1.82) is 0 Å². The Labute approximate surface area is 103 Å². The monoisotopic (exact) mass is 254 g/mol. The summed E-state index contributed by atoms with van der Waals surface area (Å²) in [6, 6.07) is -0.260. The molecule has 2 aromatic rings. The number of aromatic nitrogens is 4. The van der Waals surface area contributed by atoms with Crippen LogP contribution in [0.2, 0.25) is 0 Å². The average molecular weight is 254 g/mol. The molecule has 8 heteroatoms. The van der Waals surface area contributed by atoms with Crippen LogP contribution in [0.5, 0.6) is 0 Å². The zero-order valence-corrected chi connectivity index (χ0v) is 10.7. The first-order valence-corrected chi connectivity index (χ1v) is 5.88. The van der Waals surface area contributed by atoms with Crippen molar-refractivity contribution in [3.05, 3.63) is 11.5 Å². The van der Waals surface area contributed by atoms with Crippen LogP contribution in [-0.4, -0.2) is 45.3 Å². The summed E-state index contributed by atoms with van der Waals surface area (Å²) in [4.78, 5) is 7.03. The fourth-order valence-corrected chi connectivity index (χ4v) is 1.96. The van der Waals surface area contributed by atoms with Crippen LogP contribution in [-0.2, 0) is 0 Å². The van der Waals surface area contributed by atoms with E-state index < -0.39 is 0 Å². The molecule has 0 saturated carbocycles. The van der Waals surface area contributed by atoms with E-state index >= 15 is 0 Å². The van der Waals surface area contributed by atoms with E-state index in [4.69, 9.17) is 10.3 Å². The summed E-state index contributed by atoms with van der Waals surface area (Å²) < 4.78 is 8.99. The van der Waals surface area contributed by atoms with Crippen molar-refractivity contribution in [1.82, 2.24) is 24.6 Å². The first-order chi connectivity index (χ1) is 8.08. The van der Waals surface area contributed by atoms with Gasteiger partial charge < -0.3 is 15.2 Å². The van der Waals surface area contributed by atoms with Crippen LogP contribution in [0.1, 0.15) is 17.6 Å². The maximum atomic E-state index is 5.95. The number of aryl methyl sites for hydroxylation is 1. The minimum Gasteiger partial charge on any atom is -0.333 e. The van der Waals surface area contributed by atoms with Crippen LogP contribution in [0.25, 0.3) is 10.8 Å². The summed E-state index contributed by atoms with van der Waals surface area (Å²) in [5.74, 6) is 0.934. The van der Waals surface area contributed by atoms with E-state index in [1.54, 1.807) is 0 Å². The molecule has 0 aliphatic carbocycles. The molecule has 2 aromatic heterocycles. The van der Waals surface area contributed by atoms with Gasteiger partial charge in [-0.2, -0.15) is 4.98 Å². The van der Waals surface area contributed by atoms with Gasteiger partial charge in [0.2, 0.25) is 0 Å².